The van der Waals surface area contributed by atoms with E-state index in [0.29, 0.717) is 0 Å². The van der Waals surface area contributed by atoms with Crippen LogP contribution in [0.4, 0.5) is 0 Å². The number of hydrogen-bond donors (Lipinski definition) is 6. The third kappa shape index (κ3) is 5.35. The van der Waals surface area contributed by atoms with Crippen LogP contribution < -0.4 is 0 Å². The summed E-state index contributed by atoms with van der Waals surface area (Å²) in [6, 6.07) is 0. The van der Waals surface area contributed by atoms with Crippen LogP contribution in [0.5, 0.6) is 0 Å². The van der Waals surface area contributed by atoms with Crippen molar-refractivity contribution in [2.24, 2.45) is 0 Å². The minimum absolute atomic E-state index is 0.511. The lowest BCUT2D eigenvalue weighted by Gasteiger charge is -2.25. The summed E-state index contributed by atoms with van der Waals surface area (Å²) >= 11 is 0. The van der Waals surface area contributed by atoms with Crippen molar-refractivity contribution < 1.29 is 40.2 Å². The third-order valence-electron chi connectivity index (χ3n) is 1.84. The summed E-state index contributed by atoms with van der Waals surface area (Å²) < 4.78 is 4.48. The molecule has 6 N–H and O–H groups in total. The molecular formula is C8H16O8. The van der Waals surface area contributed by atoms with E-state index in [2.05, 4.69) is 4.74 Å². The van der Waals surface area contributed by atoms with E-state index >= 15 is 0 Å². The molecule has 0 aliphatic rings. The molecule has 0 fully saturated rings. The minimum atomic E-state index is -1.74. The van der Waals surface area contributed by atoms with Crippen molar-refractivity contribution >= 4 is 5.97 Å². The molecule has 0 aromatic heterocycles. The largest absolute Gasteiger partial charge is 0.480 e. The van der Waals surface area contributed by atoms with Gasteiger partial charge in [-0.25, -0.2) is 4.79 Å². The van der Waals surface area contributed by atoms with Crippen LogP contribution in [0.15, 0.2) is 0 Å². The Bertz CT molecular complexity index is 208. The SMILES string of the molecule is O=C(O)COC[C@H](O)[C@@H](O)[C@H](O)[C@H](O)CO. The fourth-order valence-corrected chi connectivity index (χ4v) is 0.929. The van der Waals surface area contributed by atoms with E-state index in [4.69, 9.17) is 15.3 Å². The molecule has 0 aliphatic heterocycles. The molecular weight excluding hydrogens is 224 g/mol. The zero-order chi connectivity index (χ0) is 12.7. The molecule has 8 heteroatoms. The zero-order valence-electron chi connectivity index (χ0n) is 8.43. The molecule has 16 heavy (non-hydrogen) atoms. The molecule has 0 aromatic carbocycles. The lowest BCUT2D eigenvalue weighted by molar-refractivity contribution is -0.148. The van der Waals surface area contributed by atoms with Crippen molar-refractivity contribution in [3.63, 3.8) is 0 Å². The summed E-state index contributed by atoms with van der Waals surface area (Å²) in [6.45, 7) is -1.94. The van der Waals surface area contributed by atoms with Gasteiger partial charge in [-0.15, -0.1) is 0 Å². The van der Waals surface area contributed by atoms with Crippen LogP contribution in [0.25, 0.3) is 0 Å². The molecule has 0 heterocycles. The van der Waals surface area contributed by atoms with Gasteiger partial charge in [-0.3, -0.25) is 0 Å². The minimum Gasteiger partial charge on any atom is -0.480 e. The quantitative estimate of drug-likeness (QED) is 0.256. The number of aliphatic hydroxyl groups excluding tert-OH is 5. The van der Waals surface area contributed by atoms with Crippen molar-refractivity contribution in [1.82, 2.24) is 0 Å². The Hall–Kier alpha value is -0.770. The first-order valence-electron chi connectivity index (χ1n) is 4.52. The molecule has 8 nitrogen and oxygen atoms in total. The fourth-order valence-electron chi connectivity index (χ4n) is 0.929. The Morgan fingerprint density at radius 3 is 2.00 bits per heavy atom. The molecule has 96 valence electrons. The van der Waals surface area contributed by atoms with Gasteiger partial charge in [0.25, 0.3) is 0 Å². The van der Waals surface area contributed by atoms with E-state index in [1.54, 1.807) is 0 Å². The Morgan fingerprint density at radius 2 is 1.56 bits per heavy atom. The van der Waals surface area contributed by atoms with Crippen molar-refractivity contribution in [3.05, 3.63) is 0 Å². The second-order valence-corrected chi connectivity index (χ2v) is 3.21. The lowest BCUT2D eigenvalue weighted by atomic mass is 10.0. The maximum absolute atomic E-state index is 10.0. The molecule has 0 spiro atoms. The zero-order valence-corrected chi connectivity index (χ0v) is 8.43. The molecule has 0 amide bonds. The van der Waals surface area contributed by atoms with Gasteiger partial charge in [-0.05, 0) is 0 Å². The number of carboxylic acids is 1. The standard InChI is InChI=1S/C8H16O8/c9-1-4(10)7(14)8(15)5(11)2-16-3-6(12)13/h4-5,7-11,14-15H,1-3H2,(H,12,13)/t4-,5+,7-,8-/m1/s1. The van der Waals surface area contributed by atoms with E-state index in [0.717, 1.165) is 0 Å². The number of aliphatic hydroxyl groups is 5. The summed E-state index contributed by atoms with van der Waals surface area (Å²) in [5, 5.41) is 53.3. The van der Waals surface area contributed by atoms with Gasteiger partial charge in [-0.1, -0.05) is 0 Å². The van der Waals surface area contributed by atoms with Crippen LogP contribution in [-0.2, 0) is 9.53 Å². The first-order chi connectivity index (χ1) is 7.40. The predicted molar refractivity (Wildman–Crippen MR) is 49.6 cm³/mol. The summed E-state index contributed by atoms with van der Waals surface area (Å²) in [7, 11) is 0. The second-order valence-electron chi connectivity index (χ2n) is 3.21. The highest BCUT2D eigenvalue weighted by Crippen LogP contribution is 2.05. The molecule has 0 aliphatic carbocycles. The first kappa shape index (κ1) is 15.2. The van der Waals surface area contributed by atoms with Crippen LogP contribution in [0, 0.1) is 0 Å². The number of hydrogen-bond acceptors (Lipinski definition) is 7. The van der Waals surface area contributed by atoms with Gasteiger partial charge in [0.15, 0.2) is 0 Å². The summed E-state index contributed by atoms with van der Waals surface area (Å²) in [5.74, 6) is -1.24. The maximum Gasteiger partial charge on any atom is 0.329 e. The highest BCUT2D eigenvalue weighted by molar-refractivity contribution is 5.67. The number of aliphatic carboxylic acids is 1. The Morgan fingerprint density at radius 1 is 1.06 bits per heavy atom. The van der Waals surface area contributed by atoms with E-state index in [1.807, 2.05) is 0 Å². The van der Waals surface area contributed by atoms with Gasteiger partial charge in [0, 0.05) is 0 Å². The summed E-state index contributed by atoms with van der Waals surface area (Å²) in [6.07, 6.45) is -6.64. The summed E-state index contributed by atoms with van der Waals surface area (Å²) in [4.78, 5) is 10.0. The van der Waals surface area contributed by atoms with Gasteiger partial charge < -0.3 is 35.4 Å². The van der Waals surface area contributed by atoms with E-state index in [1.165, 1.54) is 0 Å². The topological polar surface area (TPSA) is 148 Å². The molecule has 0 radical (unpaired) electrons. The normalized spacial score (nSPS) is 18.8. The van der Waals surface area contributed by atoms with Crippen LogP contribution in [0.2, 0.25) is 0 Å². The van der Waals surface area contributed by atoms with Gasteiger partial charge in [0.05, 0.1) is 13.2 Å². The highest BCUT2D eigenvalue weighted by Gasteiger charge is 2.30. The second kappa shape index (κ2) is 7.49. The van der Waals surface area contributed by atoms with Crippen LogP contribution in [0.1, 0.15) is 0 Å². The van der Waals surface area contributed by atoms with Crippen molar-refractivity contribution in [2.75, 3.05) is 19.8 Å². The lowest BCUT2D eigenvalue weighted by Crippen LogP contribution is -2.47. The van der Waals surface area contributed by atoms with Gasteiger partial charge in [0.1, 0.15) is 31.0 Å². The van der Waals surface area contributed by atoms with Crippen LogP contribution >= 0.6 is 0 Å². The average Bonchev–Trinajstić information content (AvgIpc) is 2.25. The van der Waals surface area contributed by atoms with Gasteiger partial charge in [-0.2, -0.15) is 0 Å². The maximum atomic E-state index is 10.0. The highest BCUT2D eigenvalue weighted by atomic mass is 16.5. The Labute approximate surface area is 91.3 Å². The smallest absolute Gasteiger partial charge is 0.329 e. The van der Waals surface area contributed by atoms with Gasteiger partial charge >= 0.3 is 5.97 Å². The molecule has 0 unspecified atom stereocenters. The van der Waals surface area contributed by atoms with Crippen molar-refractivity contribution in [1.29, 1.82) is 0 Å². The monoisotopic (exact) mass is 240 g/mol. The number of ether oxygens (including phenoxy) is 1. The van der Waals surface area contributed by atoms with Crippen molar-refractivity contribution in [3.8, 4) is 0 Å². The number of rotatable bonds is 8. The summed E-state index contributed by atoms with van der Waals surface area (Å²) in [5.41, 5.74) is 0. The van der Waals surface area contributed by atoms with Crippen LogP contribution in [-0.4, -0.2) is 80.8 Å². The molecule has 0 rings (SSSR count). The third-order valence-corrected chi connectivity index (χ3v) is 1.84. The van der Waals surface area contributed by atoms with E-state index < -0.39 is 50.2 Å². The molecule has 4 atom stereocenters. The van der Waals surface area contributed by atoms with E-state index in [-0.39, 0.29) is 0 Å². The predicted octanol–water partition coefficient (Wildman–Crippen LogP) is -3.48. The fraction of sp³-hybridized carbons (Fsp3) is 0.875. The molecule has 0 saturated heterocycles. The molecule has 0 bridgehead atoms. The van der Waals surface area contributed by atoms with E-state index in [9.17, 15) is 20.1 Å². The molecule has 0 aromatic rings. The van der Waals surface area contributed by atoms with Gasteiger partial charge in [0.2, 0.25) is 0 Å². The number of carboxylic acid groups (broad SMARTS) is 1. The van der Waals surface area contributed by atoms with Crippen LogP contribution in [0.3, 0.4) is 0 Å². The Balaban J connectivity index is 3.97. The Kier molecular flexibility index (Phi) is 7.13. The van der Waals surface area contributed by atoms with Crippen molar-refractivity contribution in [2.45, 2.75) is 24.4 Å². The first-order valence-corrected chi connectivity index (χ1v) is 4.52. The number of carbonyl (C=O) groups is 1. The average molecular weight is 240 g/mol. The molecule has 0 saturated carbocycles.